The molecule has 0 atom stereocenters. The Morgan fingerprint density at radius 2 is 2.06 bits per heavy atom. The van der Waals surface area contributed by atoms with Gasteiger partial charge in [0, 0.05) is 11.8 Å². The molecule has 5 heteroatoms. The van der Waals surface area contributed by atoms with Crippen molar-refractivity contribution in [3.8, 4) is 11.6 Å². The summed E-state index contributed by atoms with van der Waals surface area (Å²) in [5.41, 5.74) is 9.30. The van der Waals surface area contributed by atoms with Crippen molar-refractivity contribution in [2.24, 2.45) is 0 Å². The topological polar surface area (TPSA) is 66.0 Å². The van der Waals surface area contributed by atoms with Crippen molar-refractivity contribution in [2.45, 2.75) is 0 Å². The van der Waals surface area contributed by atoms with E-state index in [1.807, 2.05) is 34.9 Å². The van der Waals surface area contributed by atoms with Gasteiger partial charge in [-0.25, -0.2) is 9.97 Å². The van der Waals surface area contributed by atoms with Crippen LogP contribution in [0.5, 0.6) is 5.88 Å². The van der Waals surface area contributed by atoms with Gasteiger partial charge in [0.1, 0.15) is 6.33 Å². The molecule has 2 heterocycles. The number of nitrogens with zero attached hydrogens (tertiary/aromatic N) is 3. The lowest BCUT2D eigenvalue weighted by molar-refractivity contribution is 0.398. The van der Waals surface area contributed by atoms with Crippen molar-refractivity contribution in [1.82, 2.24) is 14.5 Å². The van der Waals surface area contributed by atoms with Gasteiger partial charge in [-0.05, 0) is 24.3 Å². The average molecular weight is 240 g/mol. The molecule has 2 aromatic heterocycles. The van der Waals surface area contributed by atoms with E-state index in [1.54, 1.807) is 19.6 Å². The molecule has 0 bridgehead atoms. The molecule has 0 aliphatic carbocycles. The highest BCUT2D eigenvalue weighted by molar-refractivity contribution is 5.80. The fourth-order valence-electron chi connectivity index (χ4n) is 1.87. The minimum Gasteiger partial charge on any atom is -0.481 e. The van der Waals surface area contributed by atoms with E-state index in [0.717, 1.165) is 16.7 Å². The Morgan fingerprint density at radius 3 is 2.78 bits per heavy atom. The Morgan fingerprint density at radius 1 is 1.17 bits per heavy atom. The maximum Gasteiger partial charge on any atom is 0.213 e. The molecular weight excluding hydrogens is 228 g/mol. The van der Waals surface area contributed by atoms with Crippen LogP contribution < -0.4 is 10.5 Å². The first kappa shape index (κ1) is 10.6. The van der Waals surface area contributed by atoms with Crippen molar-refractivity contribution >= 4 is 16.7 Å². The van der Waals surface area contributed by atoms with E-state index in [-0.39, 0.29) is 0 Å². The molecule has 0 saturated heterocycles. The third-order valence-corrected chi connectivity index (χ3v) is 2.78. The minimum absolute atomic E-state index is 0.586. The van der Waals surface area contributed by atoms with E-state index < -0.39 is 0 Å². The first-order valence-corrected chi connectivity index (χ1v) is 5.51. The van der Waals surface area contributed by atoms with Crippen LogP contribution in [0.3, 0.4) is 0 Å². The number of fused-ring (bicyclic) bond motifs is 1. The van der Waals surface area contributed by atoms with Gasteiger partial charge < -0.3 is 10.5 Å². The number of anilines is 1. The molecular formula is C13H12N4O. The standard InChI is InChI=1S/C13H12N4O/c1-18-13-5-3-10(7-15-13)17-8-16-11-4-2-9(14)6-12(11)17/h2-8H,14H2,1H3. The number of aromatic nitrogens is 3. The molecule has 18 heavy (non-hydrogen) atoms. The zero-order valence-corrected chi connectivity index (χ0v) is 9.87. The summed E-state index contributed by atoms with van der Waals surface area (Å²) in [6, 6.07) is 9.38. The molecule has 0 spiro atoms. The van der Waals surface area contributed by atoms with Crippen LogP contribution in [0.1, 0.15) is 0 Å². The molecule has 3 rings (SSSR count). The molecule has 0 saturated carbocycles. The summed E-state index contributed by atoms with van der Waals surface area (Å²) < 4.78 is 6.98. The molecule has 0 radical (unpaired) electrons. The number of hydrogen-bond acceptors (Lipinski definition) is 4. The van der Waals surface area contributed by atoms with E-state index in [2.05, 4.69) is 9.97 Å². The van der Waals surface area contributed by atoms with Crippen LogP contribution in [-0.4, -0.2) is 21.6 Å². The summed E-state index contributed by atoms with van der Waals surface area (Å²) in [5, 5.41) is 0. The lowest BCUT2D eigenvalue weighted by Crippen LogP contribution is -1.95. The summed E-state index contributed by atoms with van der Waals surface area (Å²) in [5.74, 6) is 0.586. The van der Waals surface area contributed by atoms with Crippen LogP contribution in [-0.2, 0) is 0 Å². The zero-order valence-electron chi connectivity index (χ0n) is 9.87. The summed E-state index contributed by atoms with van der Waals surface area (Å²) in [4.78, 5) is 8.51. The SMILES string of the molecule is COc1ccc(-n2cnc3ccc(N)cc32)cn1. The minimum atomic E-state index is 0.586. The number of pyridine rings is 1. The molecule has 0 unspecified atom stereocenters. The lowest BCUT2D eigenvalue weighted by Gasteiger charge is -2.05. The highest BCUT2D eigenvalue weighted by Gasteiger charge is 2.05. The molecule has 0 amide bonds. The second-order valence-electron chi connectivity index (χ2n) is 3.92. The van der Waals surface area contributed by atoms with E-state index in [4.69, 9.17) is 10.5 Å². The summed E-state index contributed by atoms with van der Waals surface area (Å²) in [6.07, 6.45) is 3.50. The van der Waals surface area contributed by atoms with Crippen LogP contribution in [0.4, 0.5) is 5.69 Å². The number of hydrogen-bond donors (Lipinski definition) is 1. The van der Waals surface area contributed by atoms with Crippen molar-refractivity contribution in [2.75, 3.05) is 12.8 Å². The maximum atomic E-state index is 5.80. The zero-order chi connectivity index (χ0) is 12.5. The van der Waals surface area contributed by atoms with Gasteiger partial charge in [0.15, 0.2) is 0 Å². The Labute approximate surface area is 104 Å². The average Bonchev–Trinajstić information content (AvgIpc) is 2.82. The number of methoxy groups -OCH3 is 1. The van der Waals surface area contributed by atoms with Gasteiger partial charge in [-0.3, -0.25) is 4.57 Å². The van der Waals surface area contributed by atoms with Crippen molar-refractivity contribution in [3.63, 3.8) is 0 Å². The van der Waals surface area contributed by atoms with Crippen LogP contribution in [0, 0.1) is 0 Å². The number of nitrogens with two attached hydrogens (primary N) is 1. The Hall–Kier alpha value is -2.56. The second-order valence-corrected chi connectivity index (χ2v) is 3.92. The first-order chi connectivity index (χ1) is 8.78. The summed E-state index contributed by atoms with van der Waals surface area (Å²) >= 11 is 0. The van der Waals surface area contributed by atoms with Gasteiger partial charge in [-0.1, -0.05) is 0 Å². The van der Waals surface area contributed by atoms with Crippen LogP contribution in [0.2, 0.25) is 0 Å². The van der Waals surface area contributed by atoms with Crippen molar-refractivity contribution in [3.05, 3.63) is 42.9 Å². The van der Waals surface area contributed by atoms with Gasteiger partial charge in [-0.2, -0.15) is 0 Å². The van der Waals surface area contributed by atoms with Crippen LogP contribution in [0.25, 0.3) is 16.7 Å². The van der Waals surface area contributed by atoms with Crippen LogP contribution in [0.15, 0.2) is 42.9 Å². The van der Waals surface area contributed by atoms with Gasteiger partial charge in [0.05, 0.1) is 30.0 Å². The van der Waals surface area contributed by atoms with E-state index >= 15 is 0 Å². The van der Waals surface area contributed by atoms with Gasteiger partial charge in [0.25, 0.3) is 0 Å². The molecule has 2 N–H and O–H groups in total. The summed E-state index contributed by atoms with van der Waals surface area (Å²) in [6.45, 7) is 0. The lowest BCUT2D eigenvalue weighted by atomic mass is 10.2. The molecule has 5 nitrogen and oxygen atoms in total. The number of ether oxygens (including phenoxy) is 1. The largest absolute Gasteiger partial charge is 0.481 e. The third-order valence-electron chi connectivity index (χ3n) is 2.78. The highest BCUT2D eigenvalue weighted by atomic mass is 16.5. The molecule has 3 aromatic rings. The van der Waals surface area contributed by atoms with E-state index in [1.165, 1.54) is 0 Å². The Balaban J connectivity index is 2.15. The highest BCUT2D eigenvalue weighted by Crippen LogP contribution is 2.20. The normalized spacial score (nSPS) is 10.7. The quantitative estimate of drug-likeness (QED) is 0.696. The first-order valence-electron chi connectivity index (χ1n) is 5.51. The molecule has 0 fully saturated rings. The van der Waals surface area contributed by atoms with E-state index in [9.17, 15) is 0 Å². The predicted octanol–water partition coefficient (Wildman–Crippen LogP) is 2.01. The van der Waals surface area contributed by atoms with Gasteiger partial charge in [0.2, 0.25) is 5.88 Å². The van der Waals surface area contributed by atoms with Crippen molar-refractivity contribution < 1.29 is 4.74 Å². The smallest absolute Gasteiger partial charge is 0.213 e. The fourth-order valence-corrected chi connectivity index (χ4v) is 1.87. The number of nitrogen functional groups attached to an aromatic ring is 1. The van der Waals surface area contributed by atoms with Crippen LogP contribution >= 0.6 is 0 Å². The predicted molar refractivity (Wildman–Crippen MR) is 69.8 cm³/mol. The van der Waals surface area contributed by atoms with Gasteiger partial charge >= 0.3 is 0 Å². The number of imidazole rings is 1. The van der Waals surface area contributed by atoms with Crippen molar-refractivity contribution in [1.29, 1.82) is 0 Å². The van der Waals surface area contributed by atoms with Gasteiger partial charge in [-0.15, -0.1) is 0 Å². The maximum absolute atomic E-state index is 5.80. The Kier molecular flexibility index (Phi) is 2.37. The molecule has 90 valence electrons. The molecule has 1 aromatic carbocycles. The monoisotopic (exact) mass is 240 g/mol. The fraction of sp³-hybridized carbons (Fsp3) is 0.0769. The molecule has 0 aliphatic heterocycles. The number of benzene rings is 1. The number of rotatable bonds is 2. The third kappa shape index (κ3) is 1.66. The second kappa shape index (κ2) is 4.03. The Bertz CT molecular complexity index is 688. The van der Waals surface area contributed by atoms with E-state index in [0.29, 0.717) is 11.6 Å². The summed E-state index contributed by atoms with van der Waals surface area (Å²) in [7, 11) is 1.59. The molecule has 0 aliphatic rings.